The molecule has 3 aromatic rings. The highest BCUT2D eigenvalue weighted by Gasteiger charge is 2.25. The Morgan fingerprint density at radius 1 is 0.964 bits per heavy atom. The zero-order chi connectivity index (χ0) is 19.7. The number of methoxy groups -OCH3 is 3. The van der Waals surface area contributed by atoms with Crippen molar-refractivity contribution in [1.82, 2.24) is 4.57 Å². The molecule has 28 heavy (non-hydrogen) atoms. The van der Waals surface area contributed by atoms with Crippen molar-refractivity contribution in [2.75, 3.05) is 21.3 Å². The fourth-order valence-electron chi connectivity index (χ4n) is 3.54. The molecule has 0 radical (unpaired) electrons. The van der Waals surface area contributed by atoms with Gasteiger partial charge in [0.1, 0.15) is 0 Å². The summed E-state index contributed by atoms with van der Waals surface area (Å²) in [6.07, 6.45) is 2.07. The lowest BCUT2D eigenvalue weighted by molar-refractivity contribution is 0.324. The average molecular weight is 397 g/mol. The van der Waals surface area contributed by atoms with E-state index in [0.717, 1.165) is 34.1 Å². The third-order valence-corrected chi connectivity index (χ3v) is 5.17. The lowest BCUT2D eigenvalue weighted by atomic mass is 10.0. The van der Waals surface area contributed by atoms with E-state index in [0.29, 0.717) is 17.2 Å². The molecule has 4 rings (SSSR count). The molecule has 0 amide bonds. The second-order valence-electron chi connectivity index (χ2n) is 6.50. The fraction of sp³-hybridized carbons (Fsp3) is 0.227. The van der Waals surface area contributed by atoms with Crippen molar-refractivity contribution < 1.29 is 14.2 Å². The molecule has 0 N–H and O–H groups in total. The zero-order valence-corrected chi connectivity index (χ0v) is 16.7. The molecule has 5 nitrogen and oxygen atoms in total. The zero-order valence-electron chi connectivity index (χ0n) is 16.0. The molecule has 6 heteroatoms. The summed E-state index contributed by atoms with van der Waals surface area (Å²) in [4.78, 5) is 5.07. The molecule has 1 unspecified atom stereocenters. The Morgan fingerprint density at radius 2 is 1.64 bits per heavy atom. The van der Waals surface area contributed by atoms with E-state index in [1.165, 1.54) is 0 Å². The van der Waals surface area contributed by atoms with E-state index >= 15 is 0 Å². The lowest BCUT2D eigenvalue weighted by Crippen LogP contribution is -2.21. The number of aromatic nitrogens is 1. The van der Waals surface area contributed by atoms with Crippen LogP contribution in [0.15, 0.2) is 59.7 Å². The second-order valence-corrected chi connectivity index (χ2v) is 6.94. The number of hydrogen-bond acceptors (Lipinski definition) is 4. The van der Waals surface area contributed by atoms with E-state index in [1.54, 1.807) is 21.3 Å². The summed E-state index contributed by atoms with van der Waals surface area (Å²) in [5.41, 5.74) is 3.97. The van der Waals surface area contributed by atoms with Crippen molar-refractivity contribution in [2.24, 2.45) is 4.99 Å². The van der Waals surface area contributed by atoms with E-state index in [9.17, 15) is 0 Å². The highest BCUT2D eigenvalue weighted by atomic mass is 35.5. The quantitative estimate of drug-likeness (QED) is 0.624. The third kappa shape index (κ3) is 3.22. The van der Waals surface area contributed by atoms with E-state index < -0.39 is 0 Å². The van der Waals surface area contributed by atoms with Crippen molar-refractivity contribution in [2.45, 2.75) is 12.6 Å². The predicted octanol–water partition coefficient (Wildman–Crippen LogP) is 4.76. The molecular formula is C22H21ClN2O3. The van der Waals surface area contributed by atoms with Crippen LogP contribution in [-0.4, -0.2) is 31.6 Å². The summed E-state index contributed by atoms with van der Waals surface area (Å²) in [6, 6.07) is 15.8. The van der Waals surface area contributed by atoms with Gasteiger partial charge >= 0.3 is 0 Å². The standard InChI is InChI=1S/C22H21ClN2O3/c1-26-19-11-15(12-20(27-2)22(19)28-3)21-18-5-4-10-25(18)13-17(24-21)14-6-8-16(23)9-7-14/h4-12,17H,13H2,1-3H3. The van der Waals surface area contributed by atoms with Gasteiger partial charge in [0.05, 0.1) is 38.8 Å². The Labute approximate surface area is 169 Å². The van der Waals surface area contributed by atoms with Gasteiger partial charge in [-0.05, 0) is 42.0 Å². The number of aliphatic imine (C=N–C) groups is 1. The first kappa shape index (κ1) is 18.4. The molecule has 1 aromatic heterocycles. The fourth-order valence-corrected chi connectivity index (χ4v) is 3.67. The summed E-state index contributed by atoms with van der Waals surface area (Å²) in [5.74, 6) is 1.77. The van der Waals surface area contributed by atoms with Crippen LogP contribution in [0.2, 0.25) is 5.02 Å². The monoisotopic (exact) mass is 396 g/mol. The molecule has 1 aliphatic rings. The first-order valence-electron chi connectivity index (χ1n) is 8.93. The Bertz CT molecular complexity index is 1000. The van der Waals surface area contributed by atoms with Gasteiger partial charge in [0, 0.05) is 23.3 Å². The summed E-state index contributed by atoms with van der Waals surface area (Å²) >= 11 is 6.05. The van der Waals surface area contributed by atoms with E-state index in [1.807, 2.05) is 42.5 Å². The first-order valence-corrected chi connectivity index (χ1v) is 9.31. The molecule has 0 fully saturated rings. The van der Waals surface area contributed by atoms with Crippen molar-refractivity contribution in [3.05, 3.63) is 76.6 Å². The summed E-state index contributed by atoms with van der Waals surface area (Å²) in [5, 5.41) is 0.718. The maximum Gasteiger partial charge on any atom is 0.203 e. The summed E-state index contributed by atoms with van der Waals surface area (Å²) < 4.78 is 18.7. The van der Waals surface area contributed by atoms with Gasteiger partial charge in [0.2, 0.25) is 5.75 Å². The Balaban J connectivity index is 1.85. The highest BCUT2D eigenvalue weighted by Crippen LogP contribution is 2.40. The normalized spacial score (nSPS) is 15.6. The van der Waals surface area contributed by atoms with Crippen LogP contribution in [0.3, 0.4) is 0 Å². The molecule has 1 atom stereocenters. The lowest BCUT2D eigenvalue weighted by Gasteiger charge is -2.25. The van der Waals surface area contributed by atoms with E-state index in [2.05, 4.69) is 16.8 Å². The maximum atomic E-state index is 6.05. The molecule has 0 saturated carbocycles. The summed E-state index contributed by atoms with van der Waals surface area (Å²) in [6.45, 7) is 0.776. The topological polar surface area (TPSA) is 45.0 Å². The summed E-state index contributed by atoms with van der Waals surface area (Å²) in [7, 11) is 4.83. The number of ether oxygens (including phenoxy) is 3. The minimum atomic E-state index is -0.00809. The maximum absolute atomic E-state index is 6.05. The molecule has 0 aliphatic carbocycles. The molecule has 2 aromatic carbocycles. The van der Waals surface area contributed by atoms with Gasteiger partial charge < -0.3 is 18.8 Å². The van der Waals surface area contributed by atoms with Gasteiger partial charge in [-0.25, -0.2) is 0 Å². The Hall–Kier alpha value is -2.92. The predicted molar refractivity (Wildman–Crippen MR) is 110 cm³/mol. The van der Waals surface area contributed by atoms with Crippen LogP contribution >= 0.6 is 11.6 Å². The van der Waals surface area contributed by atoms with E-state index in [-0.39, 0.29) is 6.04 Å². The van der Waals surface area contributed by atoms with Gasteiger partial charge in [0.15, 0.2) is 11.5 Å². The SMILES string of the molecule is COc1cc(C2=NC(c3ccc(Cl)cc3)Cn3cccc32)cc(OC)c1OC. The third-order valence-electron chi connectivity index (χ3n) is 4.92. The number of rotatable bonds is 5. The van der Waals surface area contributed by atoms with Crippen molar-refractivity contribution >= 4 is 17.3 Å². The van der Waals surface area contributed by atoms with Crippen LogP contribution in [0.1, 0.15) is 22.9 Å². The van der Waals surface area contributed by atoms with Crippen LogP contribution in [0, 0.1) is 0 Å². The molecule has 0 saturated heterocycles. The Morgan fingerprint density at radius 3 is 2.25 bits per heavy atom. The number of nitrogens with zero attached hydrogens (tertiary/aromatic N) is 2. The first-order chi connectivity index (χ1) is 13.6. The van der Waals surface area contributed by atoms with E-state index in [4.69, 9.17) is 30.8 Å². The van der Waals surface area contributed by atoms with Crippen molar-refractivity contribution in [1.29, 1.82) is 0 Å². The molecule has 144 valence electrons. The van der Waals surface area contributed by atoms with Crippen molar-refractivity contribution in [3.63, 3.8) is 0 Å². The number of benzene rings is 2. The Kier molecular flexibility index (Phi) is 5.01. The minimum absolute atomic E-state index is 0.00809. The van der Waals surface area contributed by atoms with Gasteiger partial charge in [-0.1, -0.05) is 23.7 Å². The van der Waals surface area contributed by atoms with Gasteiger partial charge in [-0.3, -0.25) is 4.99 Å². The van der Waals surface area contributed by atoms with Crippen LogP contribution in [-0.2, 0) is 6.54 Å². The number of fused-ring (bicyclic) bond motifs is 1. The molecular weight excluding hydrogens is 376 g/mol. The van der Waals surface area contributed by atoms with Gasteiger partial charge in [-0.15, -0.1) is 0 Å². The highest BCUT2D eigenvalue weighted by molar-refractivity contribution is 6.30. The van der Waals surface area contributed by atoms with Crippen molar-refractivity contribution in [3.8, 4) is 17.2 Å². The van der Waals surface area contributed by atoms with Crippen LogP contribution in [0.25, 0.3) is 0 Å². The minimum Gasteiger partial charge on any atom is -0.493 e. The van der Waals surface area contributed by atoms with Gasteiger partial charge in [0.25, 0.3) is 0 Å². The molecule has 0 spiro atoms. The average Bonchev–Trinajstić information content (AvgIpc) is 3.21. The molecule has 1 aliphatic heterocycles. The molecule has 2 heterocycles. The van der Waals surface area contributed by atoms with Crippen LogP contribution in [0.5, 0.6) is 17.2 Å². The number of hydrogen-bond donors (Lipinski definition) is 0. The smallest absolute Gasteiger partial charge is 0.203 e. The number of halogens is 1. The van der Waals surface area contributed by atoms with Crippen LogP contribution < -0.4 is 14.2 Å². The van der Waals surface area contributed by atoms with Gasteiger partial charge in [-0.2, -0.15) is 0 Å². The second kappa shape index (κ2) is 7.60. The molecule has 0 bridgehead atoms. The largest absolute Gasteiger partial charge is 0.493 e. The van der Waals surface area contributed by atoms with Crippen LogP contribution in [0.4, 0.5) is 0 Å².